The maximum Gasteiger partial charge on any atom is 0.228 e. The van der Waals surface area contributed by atoms with Gasteiger partial charge in [0.1, 0.15) is 5.58 Å². The van der Waals surface area contributed by atoms with Gasteiger partial charge in [-0.1, -0.05) is 127 Å². The van der Waals surface area contributed by atoms with Gasteiger partial charge in [0.25, 0.3) is 0 Å². The van der Waals surface area contributed by atoms with Crippen molar-refractivity contribution in [1.29, 1.82) is 0 Å². The van der Waals surface area contributed by atoms with E-state index in [0.717, 1.165) is 67.9 Å². The number of pyridine rings is 1. The van der Waals surface area contributed by atoms with Gasteiger partial charge >= 0.3 is 0 Å². The molecule has 0 bridgehead atoms. The SMILES string of the molecule is C1=CC(c2ccc(-c3nc(-c4ccccc4)nc(-c4cc(-c5ccccc5)nc5oc6cc7ccccc7cc6c45)n3)cc2)=CCC1. The van der Waals surface area contributed by atoms with Crippen LogP contribution >= 0.6 is 0 Å². The van der Waals surface area contributed by atoms with Crippen LogP contribution in [0.5, 0.6) is 0 Å². The minimum absolute atomic E-state index is 0.549. The number of allylic oxidation sites excluding steroid dienone is 4. The van der Waals surface area contributed by atoms with E-state index in [9.17, 15) is 0 Å². The zero-order valence-corrected chi connectivity index (χ0v) is 25.5. The van der Waals surface area contributed by atoms with E-state index >= 15 is 0 Å². The summed E-state index contributed by atoms with van der Waals surface area (Å²) in [6.45, 7) is 0. The molecule has 0 amide bonds. The number of hydrogen-bond donors (Lipinski definition) is 0. The molecule has 222 valence electrons. The average Bonchev–Trinajstić information content (AvgIpc) is 3.51. The molecule has 0 atom stereocenters. The van der Waals surface area contributed by atoms with Gasteiger partial charge in [0.15, 0.2) is 17.5 Å². The molecule has 1 aliphatic rings. The van der Waals surface area contributed by atoms with Crippen LogP contribution in [-0.2, 0) is 0 Å². The lowest BCUT2D eigenvalue weighted by atomic mass is 9.98. The fraction of sp³-hybridized carbons (Fsp3) is 0.0476. The van der Waals surface area contributed by atoms with Crippen LogP contribution < -0.4 is 0 Å². The third kappa shape index (κ3) is 4.99. The van der Waals surface area contributed by atoms with E-state index in [2.05, 4.69) is 91.0 Å². The second-order valence-corrected chi connectivity index (χ2v) is 11.8. The summed E-state index contributed by atoms with van der Waals surface area (Å²) in [6.07, 6.45) is 8.88. The Morgan fingerprint density at radius 1 is 0.511 bits per heavy atom. The fourth-order valence-corrected chi connectivity index (χ4v) is 6.37. The van der Waals surface area contributed by atoms with E-state index in [-0.39, 0.29) is 0 Å². The Labute approximate surface area is 271 Å². The Balaban J connectivity index is 1.30. The number of aromatic nitrogens is 4. The zero-order chi connectivity index (χ0) is 31.2. The molecule has 5 heteroatoms. The Hall–Kier alpha value is -6.20. The molecule has 47 heavy (non-hydrogen) atoms. The van der Waals surface area contributed by atoms with Crippen molar-refractivity contribution < 1.29 is 4.42 Å². The Kier molecular flexibility index (Phi) is 6.53. The minimum Gasteiger partial charge on any atom is -0.438 e. The number of rotatable bonds is 5. The average molecular weight is 605 g/mol. The Morgan fingerprint density at radius 3 is 1.83 bits per heavy atom. The number of benzene rings is 5. The second-order valence-electron chi connectivity index (χ2n) is 11.8. The standard InChI is InChI=1S/C42H28N4O/c1-4-12-27(13-5-1)28-20-22-31(23-21-28)40-44-39(30-16-8-3-9-17-30)45-41(46-40)35-26-36(29-14-6-2-7-15-29)43-42-38(35)34-24-32-18-10-11-19-33(32)25-37(34)47-42/h2-4,6-26H,1,5H2. The van der Waals surface area contributed by atoms with Gasteiger partial charge in [-0.15, -0.1) is 0 Å². The van der Waals surface area contributed by atoms with Crippen LogP contribution in [0, 0.1) is 0 Å². The molecule has 0 N–H and O–H groups in total. The summed E-state index contributed by atoms with van der Waals surface area (Å²) >= 11 is 0. The van der Waals surface area contributed by atoms with Gasteiger partial charge in [0, 0.05) is 27.6 Å². The van der Waals surface area contributed by atoms with Crippen molar-refractivity contribution in [2.24, 2.45) is 0 Å². The highest BCUT2D eigenvalue weighted by Gasteiger charge is 2.21. The molecule has 0 radical (unpaired) electrons. The van der Waals surface area contributed by atoms with Gasteiger partial charge in [-0.05, 0) is 52.9 Å². The van der Waals surface area contributed by atoms with E-state index in [0.29, 0.717) is 23.2 Å². The predicted molar refractivity (Wildman–Crippen MR) is 191 cm³/mol. The maximum absolute atomic E-state index is 6.49. The Morgan fingerprint density at radius 2 is 1.13 bits per heavy atom. The molecule has 0 spiro atoms. The van der Waals surface area contributed by atoms with E-state index < -0.39 is 0 Å². The molecule has 0 aliphatic heterocycles. The van der Waals surface area contributed by atoms with E-state index in [1.807, 2.05) is 54.6 Å². The minimum atomic E-state index is 0.549. The first-order valence-corrected chi connectivity index (χ1v) is 15.9. The summed E-state index contributed by atoms with van der Waals surface area (Å²) in [7, 11) is 0. The van der Waals surface area contributed by atoms with Gasteiger partial charge in [-0.3, -0.25) is 0 Å². The lowest BCUT2D eigenvalue weighted by Gasteiger charge is -2.11. The molecular formula is C42H28N4O. The second kappa shape index (κ2) is 11.3. The van der Waals surface area contributed by atoms with Crippen molar-refractivity contribution in [2.75, 3.05) is 0 Å². The summed E-state index contributed by atoms with van der Waals surface area (Å²) in [4.78, 5) is 20.3. The monoisotopic (exact) mass is 604 g/mol. The quantitative estimate of drug-likeness (QED) is 0.196. The summed E-state index contributed by atoms with van der Waals surface area (Å²) in [5.41, 5.74) is 8.22. The topological polar surface area (TPSA) is 64.7 Å². The molecule has 5 nitrogen and oxygen atoms in total. The van der Waals surface area contributed by atoms with Crippen molar-refractivity contribution >= 4 is 38.4 Å². The van der Waals surface area contributed by atoms with Gasteiger partial charge in [0.05, 0.1) is 11.1 Å². The Bertz CT molecular complexity index is 2500. The van der Waals surface area contributed by atoms with Gasteiger partial charge in [0.2, 0.25) is 5.71 Å². The van der Waals surface area contributed by atoms with Crippen LogP contribution in [0.15, 0.2) is 150 Å². The largest absolute Gasteiger partial charge is 0.438 e. The highest BCUT2D eigenvalue weighted by atomic mass is 16.3. The molecule has 8 aromatic rings. The molecule has 0 unspecified atom stereocenters. The molecule has 5 aromatic carbocycles. The molecule has 1 aliphatic carbocycles. The number of fused-ring (bicyclic) bond motifs is 4. The first kappa shape index (κ1) is 27.1. The summed E-state index contributed by atoms with van der Waals surface area (Å²) in [5, 5.41) is 4.10. The van der Waals surface area contributed by atoms with Crippen molar-refractivity contribution in [2.45, 2.75) is 12.8 Å². The van der Waals surface area contributed by atoms with Crippen LogP contribution in [0.2, 0.25) is 0 Å². The van der Waals surface area contributed by atoms with Crippen LogP contribution in [0.25, 0.3) is 83.8 Å². The third-order valence-corrected chi connectivity index (χ3v) is 8.76. The highest BCUT2D eigenvalue weighted by molar-refractivity contribution is 6.14. The number of nitrogens with zero attached hydrogens (tertiary/aromatic N) is 4. The molecule has 9 rings (SSSR count). The zero-order valence-electron chi connectivity index (χ0n) is 25.5. The van der Waals surface area contributed by atoms with Crippen LogP contribution in [0.1, 0.15) is 18.4 Å². The normalized spacial score (nSPS) is 13.0. The number of furan rings is 1. The van der Waals surface area contributed by atoms with Gasteiger partial charge in [-0.25, -0.2) is 19.9 Å². The third-order valence-electron chi connectivity index (χ3n) is 8.76. The van der Waals surface area contributed by atoms with Crippen LogP contribution in [0.4, 0.5) is 0 Å². The molecule has 3 heterocycles. The summed E-state index contributed by atoms with van der Waals surface area (Å²) < 4.78 is 6.49. The molecule has 0 fully saturated rings. The summed E-state index contributed by atoms with van der Waals surface area (Å²) in [6, 6.07) is 43.4. The van der Waals surface area contributed by atoms with Crippen molar-refractivity contribution in [3.8, 4) is 45.4 Å². The van der Waals surface area contributed by atoms with Crippen molar-refractivity contribution in [3.05, 3.63) is 151 Å². The van der Waals surface area contributed by atoms with Crippen LogP contribution in [0.3, 0.4) is 0 Å². The number of hydrogen-bond acceptors (Lipinski definition) is 5. The lowest BCUT2D eigenvalue weighted by Crippen LogP contribution is -2.01. The highest BCUT2D eigenvalue weighted by Crippen LogP contribution is 2.39. The van der Waals surface area contributed by atoms with E-state index in [1.54, 1.807) is 0 Å². The van der Waals surface area contributed by atoms with E-state index in [1.165, 1.54) is 11.1 Å². The van der Waals surface area contributed by atoms with E-state index in [4.69, 9.17) is 24.4 Å². The van der Waals surface area contributed by atoms with Gasteiger partial charge in [-0.2, -0.15) is 0 Å². The van der Waals surface area contributed by atoms with Crippen molar-refractivity contribution in [3.63, 3.8) is 0 Å². The van der Waals surface area contributed by atoms with Crippen LogP contribution in [-0.4, -0.2) is 19.9 Å². The smallest absolute Gasteiger partial charge is 0.228 e. The fourth-order valence-electron chi connectivity index (χ4n) is 6.37. The first-order chi connectivity index (χ1) is 23.3. The summed E-state index contributed by atoms with van der Waals surface area (Å²) in [5.74, 6) is 1.78. The van der Waals surface area contributed by atoms with Crippen molar-refractivity contribution in [1.82, 2.24) is 19.9 Å². The maximum atomic E-state index is 6.49. The van der Waals surface area contributed by atoms with Gasteiger partial charge < -0.3 is 4.42 Å². The molecule has 3 aromatic heterocycles. The first-order valence-electron chi connectivity index (χ1n) is 15.9. The predicted octanol–water partition coefficient (Wildman–Crippen LogP) is 10.7. The molecule has 0 saturated carbocycles. The lowest BCUT2D eigenvalue weighted by molar-refractivity contribution is 0.655. The molecule has 0 saturated heterocycles. The molecular weight excluding hydrogens is 576 g/mol.